The molecule has 144 valence electrons. The number of amides is 2. The second-order valence-electron chi connectivity index (χ2n) is 6.69. The van der Waals surface area contributed by atoms with E-state index in [0.29, 0.717) is 24.4 Å². The van der Waals surface area contributed by atoms with Gasteiger partial charge in [0.05, 0.1) is 0 Å². The molecule has 0 aliphatic carbocycles. The Bertz CT molecular complexity index is 591. The van der Waals surface area contributed by atoms with Crippen LogP contribution in [-0.4, -0.2) is 60.2 Å². The van der Waals surface area contributed by atoms with Crippen LogP contribution in [0.2, 0.25) is 0 Å². The highest BCUT2D eigenvalue weighted by atomic mass is 16.5. The molecule has 7 nitrogen and oxygen atoms in total. The Balaban J connectivity index is 1.73. The number of nitrogens with one attached hydrogen (secondary N) is 2. The summed E-state index contributed by atoms with van der Waals surface area (Å²) < 4.78 is 5.62. The zero-order chi connectivity index (χ0) is 18.9. The largest absolute Gasteiger partial charge is 0.491 e. The summed E-state index contributed by atoms with van der Waals surface area (Å²) in [5, 5.41) is 16.0. The van der Waals surface area contributed by atoms with Crippen molar-refractivity contribution in [1.29, 1.82) is 0 Å². The second-order valence-corrected chi connectivity index (χ2v) is 6.69. The Labute approximate surface area is 154 Å². The number of likely N-dealkylation sites (tertiary alicyclic amines) is 1. The number of aliphatic hydroxyl groups is 1. The standard InChI is InChI=1S/C19H29N3O4/c1-3-19(25)21-16-5-4-10-22(11-16)12-17(24)13-26-18-8-6-15(7-9-18)20-14(2)23/h6-9,16-17,24H,3-5,10-13H2,1-2H3,(H,20,23)(H,21,25). The first kappa shape index (κ1) is 20.2. The number of nitrogens with zero attached hydrogens (tertiary/aromatic N) is 1. The number of aliphatic hydroxyl groups excluding tert-OH is 1. The fraction of sp³-hybridized carbons (Fsp3) is 0.579. The molecule has 2 atom stereocenters. The van der Waals surface area contributed by atoms with Gasteiger partial charge in [0.1, 0.15) is 18.5 Å². The Morgan fingerprint density at radius 1 is 1.35 bits per heavy atom. The predicted molar refractivity (Wildman–Crippen MR) is 100 cm³/mol. The number of β-amino-alcohol motifs (C(OH)–C–C–N with tert-alkyl or cyclic N) is 1. The summed E-state index contributed by atoms with van der Waals surface area (Å²) in [6, 6.07) is 7.19. The molecule has 1 aliphatic heterocycles. The number of hydrogen-bond donors (Lipinski definition) is 3. The highest BCUT2D eigenvalue weighted by Crippen LogP contribution is 2.16. The summed E-state index contributed by atoms with van der Waals surface area (Å²) >= 11 is 0. The number of ether oxygens (including phenoxy) is 1. The first-order valence-corrected chi connectivity index (χ1v) is 9.16. The number of anilines is 1. The number of hydrogen-bond acceptors (Lipinski definition) is 5. The maximum Gasteiger partial charge on any atom is 0.221 e. The van der Waals surface area contributed by atoms with Gasteiger partial charge in [-0.25, -0.2) is 0 Å². The topological polar surface area (TPSA) is 90.9 Å². The van der Waals surface area contributed by atoms with Crippen molar-refractivity contribution < 1.29 is 19.4 Å². The fourth-order valence-corrected chi connectivity index (χ4v) is 3.05. The van der Waals surface area contributed by atoms with Crippen molar-refractivity contribution in [2.45, 2.75) is 45.3 Å². The minimum absolute atomic E-state index is 0.0726. The van der Waals surface area contributed by atoms with Gasteiger partial charge in [-0.05, 0) is 43.7 Å². The zero-order valence-corrected chi connectivity index (χ0v) is 15.5. The van der Waals surface area contributed by atoms with Crippen molar-refractivity contribution in [2.24, 2.45) is 0 Å². The highest BCUT2D eigenvalue weighted by Gasteiger charge is 2.22. The second kappa shape index (κ2) is 10.1. The molecule has 7 heteroatoms. The molecule has 0 spiro atoms. The molecule has 0 saturated carbocycles. The van der Waals surface area contributed by atoms with Gasteiger partial charge in [0.25, 0.3) is 0 Å². The lowest BCUT2D eigenvalue weighted by molar-refractivity contribution is -0.122. The Morgan fingerprint density at radius 2 is 2.08 bits per heavy atom. The van der Waals surface area contributed by atoms with E-state index in [9.17, 15) is 14.7 Å². The van der Waals surface area contributed by atoms with Gasteiger partial charge in [0.15, 0.2) is 0 Å². The van der Waals surface area contributed by atoms with Crippen LogP contribution >= 0.6 is 0 Å². The predicted octanol–water partition coefficient (Wildman–Crippen LogP) is 1.38. The smallest absolute Gasteiger partial charge is 0.221 e. The lowest BCUT2D eigenvalue weighted by atomic mass is 10.1. The summed E-state index contributed by atoms with van der Waals surface area (Å²) in [5.41, 5.74) is 0.707. The number of benzene rings is 1. The van der Waals surface area contributed by atoms with E-state index in [0.717, 1.165) is 25.9 Å². The average molecular weight is 363 g/mol. The third-order valence-corrected chi connectivity index (χ3v) is 4.28. The summed E-state index contributed by atoms with van der Waals surface area (Å²) in [6.45, 7) is 5.69. The first-order valence-electron chi connectivity index (χ1n) is 9.16. The van der Waals surface area contributed by atoms with Crippen LogP contribution in [0, 0.1) is 0 Å². The molecule has 2 rings (SSSR count). The summed E-state index contributed by atoms with van der Waals surface area (Å²) in [5.74, 6) is 0.595. The van der Waals surface area contributed by atoms with Gasteiger partial charge in [-0.2, -0.15) is 0 Å². The van der Waals surface area contributed by atoms with E-state index < -0.39 is 6.10 Å². The summed E-state index contributed by atoms with van der Waals surface area (Å²) in [7, 11) is 0. The van der Waals surface area contributed by atoms with Gasteiger partial charge in [0.2, 0.25) is 11.8 Å². The molecule has 0 aromatic heterocycles. The van der Waals surface area contributed by atoms with E-state index in [-0.39, 0.29) is 24.5 Å². The quantitative estimate of drug-likeness (QED) is 0.649. The van der Waals surface area contributed by atoms with Crippen LogP contribution in [0.15, 0.2) is 24.3 Å². The summed E-state index contributed by atoms with van der Waals surface area (Å²) in [6.07, 6.45) is 1.88. The van der Waals surface area contributed by atoms with Gasteiger partial charge in [-0.15, -0.1) is 0 Å². The molecule has 2 amide bonds. The number of carbonyl (C=O) groups is 2. The molecule has 1 saturated heterocycles. The Hall–Kier alpha value is -2.12. The SMILES string of the molecule is CCC(=O)NC1CCCN(CC(O)COc2ccc(NC(C)=O)cc2)C1. The third-order valence-electron chi connectivity index (χ3n) is 4.28. The van der Waals surface area contributed by atoms with Crippen LogP contribution in [0.3, 0.4) is 0 Å². The molecular formula is C19H29N3O4. The van der Waals surface area contributed by atoms with Crippen molar-refractivity contribution >= 4 is 17.5 Å². The normalized spacial score (nSPS) is 18.8. The van der Waals surface area contributed by atoms with Crippen molar-refractivity contribution in [3.63, 3.8) is 0 Å². The molecule has 1 aromatic rings. The molecule has 1 heterocycles. The number of rotatable bonds is 8. The molecule has 1 fully saturated rings. The van der Waals surface area contributed by atoms with Gasteiger partial charge >= 0.3 is 0 Å². The van der Waals surface area contributed by atoms with Crippen molar-refractivity contribution in [1.82, 2.24) is 10.2 Å². The van der Waals surface area contributed by atoms with E-state index >= 15 is 0 Å². The molecular weight excluding hydrogens is 334 g/mol. The van der Waals surface area contributed by atoms with Crippen molar-refractivity contribution in [2.75, 3.05) is 31.6 Å². The van der Waals surface area contributed by atoms with Crippen LogP contribution < -0.4 is 15.4 Å². The summed E-state index contributed by atoms with van der Waals surface area (Å²) in [4.78, 5) is 24.7. The van der Waals surface area contributed by atoms with Gasteiger partial charge < -0.3 is 20.5 Å². The lowest BCUT2D eigenvalue weighted by Crippen LogP contribution is -2.49. The molecule has 0 radical (unpaired) electrons. The first-order chi connectivity index (χ1) is 12.5. The molecule has 0 bridgehead atoms. The van der Waals surface area contributed by atoms with E-state index in [4.69, 9.17) is 4.74 Å². The van der Waals surface area contributed by atoms with Crippen molar-refractivity contribution in [3.8, 4) is 5.75 Å². The molecule has 26 heavy (non-hydrogen) atoms. The minimum Gasteiger partial charge on any atom is -0.491 e. The number of piperidine rings is 1. The Morgan fingerprint density at radius 3 is 2.73 bits per heavy atom. The van der Waals surface area contributed by atoms with Gasteiger partial charge in [0, 0.05) is 38.2 Å². The highest BCUT2D eigenvalue weighted by molar-refractivity contribution is 5.88. The van der Waals surface area contributed by atoms with E-state index in [1.165, 1.54) is 6.92 Å². The maximum absolute atomic E-state index is 11.5. The average Bonchev–Trinajstić information content (AvgIpc) is 2.61. The minimum atomic E-state index is -0.606. The molecule has 3 N–H and O–H groups in total. The van der Waals surface area contributed by atoms with E-state index in [1.807, 2.05) is 6.92 Å². The zero-order valence-electron chi connectivity index (χ0n) is 15.5. The third kappa shape index (κ3) is 7.01. The van der Waals surface area contributed by atoms with Gasteiger partial charge in [-0.1, -0.05) is 6.92 Å². The molecule has 1 aromatic carbocycles. The number of carbonyl (C=O) groups excluding carboxylic acids is 2. The van der Waals surface area contributed by atoms with E-state index in [2.05, 4.69) is 15.5 Å². The van der Waals surface area contributed by atoms with Crippen LogP contribution in [0.5, 0.6) is 5.75 Å². The molecule has 2 unspecified atom stereocenters. The monoisotopic (exact) mass is 363 g/mol. The van der Waals surface area contributed by atoms with Crippen molar-refractivity contribution in [3.05, 3.63) is 24.3 Å². The van der Waals surface area contributed by atoms with Crippen LogP contribution in [0.25, 0.3) is 0 Å². The van der Waals surface area contributed by atoms with Crippen LogP contribution in [0.1, 0.15) is 33.1 Å². The Kier molecular flexibility index (Phi) is 7.87. The van der Waals surface area contributed by atoms with Crippen LogP contribution in [-0.2, 0) is 9.59 Å². The lowest BCUT2D eigenvalue weighted by Gasteiger charge is -2.34. The van der Waals surface area contributed by atoms with E-state index in [1.54, 1.807) is 24.3 Å². The van der Waals surface area contributed by atoms with Crippen LogP contribution in [0.4, 0.5) is 5.69 Å². The maximum atomic E-state index is 11.5. The molecule has 1 aliphatic rings. The fourth-order valence-electron chi connectivity index (χ4n) is 3.05. The van der Waals surface area contributed by atoms with Gasteiger partial charge in [-0.3, -0.25) is 14.5 Å².